The minimum absolute atomic E-state index is 0.138. The van der Waals surface area contributed by atoms with Gasteiger partial charge in [0, 0.05) is 18.7 Å². The van der Waals surface area contributed by atoms with Crippen molar-refractivity contribution in [2.24, 2.45) is 11.1 Å². The van der Waals surface area contributed by atoms with Gasteiger partial charge in [0.2, 0.25) is 0 Å². The molecule has 116 valence electrons. The molecular formula is C18H28N2O. The molecule has 1 fully saturated rings. The number of hydrogen-bond donors (Lipinski definition) is 1. The van der Waals surface area contributed by atoms with Crippen LogP contribution in [0.15, 0.2) is 24.3 Å². The molecule has 0 aliphatic heterocycles. The number of hydrogen-bond acceptors (Lipinski definition) is 2. The van der Waals surface area contributed by atoms with Crippen LogP contribution in [0, 0.1) is 5.41 Å². The fraction of sp³-hybridized carbons (Fsp3) is 0.611. The molecule has 0 spiro atoms. The molecule has 1 aliphatic rings. The highest BCUT2D eigenvalue weighted by atomic mass is 16.2. The van der Waals surface area contributed by atoms with Gasteiger partial charge in [-0.2, -0.15) is 0 Å². The molecule has 2 rings (SSSR count). The van der Waals surface area contributed by atoms with Gasteiger partial charge < -0.3 is 10.6 Å². The number of nitrogens with two attached hydrogens (primary N) is 1. The molecule has 1 aromatic rings. The Bertz CT molecular complexity index is 486. The van der Waals surface area contributed by atoms with Crippen molar-refractivity contribution in [2.45, 2.75) is 52.0 Å². The van der Waals surface area contributed by atoms with Crippen molar-refractivity contribution in [2.75, 3.05) is 13.6 Å². The zero-order chi connectivity index (χ0) is 15.5. The number of nitrogens with zero attached hydrogens (tertiary/aromatic N) is 1. The normalized spacial score (nSPS) is 18.5. The first-order valence-electron chi connectivity index (χ1n) is 7.99. The molecule has 21 heavy (non-hydrogen) atoms. The summed E-state index contributed by atoms with van der Waals surface area (Å²) >= 11 is 0. The molecule has 0 aromatic heterocycles. The summed E-state index contributed by atoms with van der Waals surface area (Å²) in [5.74, 6) is 0.138. The lowest BCUT2D eigenvalue weighted by Gasteiger charge is -2.38. The van der Waals surface area contributed by atoms with Crippen molar-refractivity contribution >= 4 is 5.91 Å². The molecule has 0 heterocycles. The largest absolute Gasteiger partial charge is 0.339 e. The molecule has 0 atom stereocenters. The first-order chi connectivity index (χ1) is 9.93. The van der Waals surface area contributed by atoms with Crippen LogP contribution < -0.4 is 5.73 Å². The van der Waals surface area contributed by atoms with E-state index in [0.29, 0.717) is 18.0 Å². The molecule has 0 bridgehead atoms. The van der Waals surface area contributed by atoms with Gasteiger partial charge in [-0.05, 0) is 61.8 Å². The van der Waals surface area contributed by atoms with E-state index in [1.807, 2.05) is 36.2 Å². The van der Waals surface area contributed by atoms with Crippen LogP contribution in [0.5, 0.6) is 0 Å². The molecule has 3 heteroatoms. The Morgan fingerprint density at radius 3 is 2.62 bits per heavy atom. The Morgan fingerprint density at radius 2 is 2.00 bits per heavy atom. The first kappa shape index (κ1) is 16.0. The number of amides is 1. The van der Waals surface area contributed by atoms with Crippen LogP contribution in [-0.4, -0.2) is 30.4 Å². The van der Waals surface area contributed by atoms with Crippen LogP contribution in [-0.2, 0) is 6.42 Å². The lowest BCUT2D eigenvalue weighted by atomic mass is 9.75. The fourth-order valence-corrected chi connectivity index (χ4v) is 3.17. The SMILES string of the molecule is CN(C(=O)c1cccc(CCN)c1)C1CCC(C)(C)CC1. The zero-order valence-corrected chi connectivity index (χ0v) is 13.6. The fourth-order valence-electron chi connectivity index (χ4n) is 3.17. The van der Waals surface area contributed by atoms with Gasteiger partial charge in [0.05, 0.1) is 0 Å². The van der Waals surface area contributed by atoms with Gasteiger partial charge in [0.1, 0.15) is 0 Å². The third-order valence-electron chi connectivity index (χ3n) is 4.78. The summed E-state index contributed by atoms with van der Waals surface area (Å²) in [6.07, 6.45) is 5.43. The maximum Gasteiger partial charge on any atom is 0.253 e. The second kappa shape index (κ2) is 6.61. The lowest BCUT2D eigenvalue weighted by Crippen LogP contribution is -2.40. The van der Waals surface area contributed by atoms with Crippen molar-refractivity contribution < 1.29 is 4.79 Å². The van der Waals surface area contributed by atoms with Gasteiger partial charge in [-0.1, -0.05) is 26.0 Å². The summed E-state index contributed by atoms with van der Waals surface area (Å²) in [7, 11) is 1.95. The summed E-state index contributed by atoms with van der Waals surface area (Å²) in [5, 5.41) is 0. The minimum Gasteiger partial charge on any atom is -0.339 e. The topological polar surface area (TPSA) is 46.3 Å². The van der Waals surface area contributed by atoms with Gasteiger partial charge in [0.15, 0.2) is 0 Å². The molecule has 0 saturated heterocycles. The van der Waals surface area contributed by atoms with E-state index in [1.54, 1.807) is 0 Å². The summed E-state index contributed by atoms with van der Waals surface area (Å²) in [4.78, 5) is 14.6. The summed E-state index contributed by atoms with van der Waals surface area (Å²) in [5.41, 5.74) is 7.95. The zero-order valence-electron chi connectivity index (χ0n) is 13.6. The van der Waals surface area contributed by atoms with E-state index in [1.165, 1.54) is 12.8 Å². The van der Waals surface area contributed by atoms with Crippen molar-refractivity contribution in [3.63, 3.8) is 0 Å². The molecule has 2 N–H and O–H groups in total. The molecule has 1 aromatic carbocycles. The average Bonchev–Trinajstić information content (AvgIpc) is 2.46. The highest BCUT2D eigenvalue weighted by Crippen LogP contribution is 2.36. The molecule has 1 amide bonds. The Hall–Kier alpha value is -1.35. The van der Waals surface area contributed by atoms with E-state index < -0.39 is 0 Å². The Morgan fingerprint density at radius 1 is 1.33 bits per heavy atom. The summed E-state index contributed by atoms with van der Waals surface area (Å²) in [6.45, 7) is 5.26. The second-order valence-electron chi connectivity index (χ2n) is 7.05. The van der Waals surface area contributed by atoms with Crippen LogP contribution >= 0.6 is 0 Å². The highest BCUT2D eigenvalue weighted by Gasteiger charge is 2.30. The van der Waals surface area contributed by atoms with Gasteiger partial charge in [-0.25, -0.2) is 0 Å². The Kier molecular flexibility index (Phi) is 5.04. The predicted molar refractivity (Wildman–Crippen MR) is 87.3 cm³/mol. The second-order valence-corrected chi connectivity index (χ2v) is 7.05. The van der Waals surface area contributed by atoms with Crippen molar-refractivity contribution in [3.8, 4) is 0 Å². The van der Waals surface area contributed by atoms with Crippen LogP contribution in [0.4, 0.5) is 0 Å². The molecule has 1 saturated carbocycles. The highest BCUT2D eigenvalue weighted by molar-refractivity contribution is 5.94. The number of rotatable bonds is 4. The quantitative estimate of drug-likeness (QED) is 0.924. The standard InChI is InChI=1S/C18H28N2O/c1-18(2)10-7-16(8-11-18)20(3)17(21)15-6-4-5-14(13-15)9-12-19/h4-6,13,16H,7-12,19H2,1-3H3. The van der Waals surface area contributed by atoms with Crippen LogP contribution in [0.2, 0.25) is 0 Å². The van der Waals surface area contributed by atoms with Gasteiger partial charge >= 0.3 is 0 Å². The first-order valence-corrected chi connectivity index (χ1v) is 7.99. The minimum atomic E-state index is 0.138. The monoisotopic (exact) mass is 288 g/mol. The van der Waals surface area contributed by atoms with E-state index in [0.717, 1.165) is 30.4 Å². The van der Waals surface area contributed by atoms with E-state index in [9.17, 15) is 4.79 Å². The molecule has 1 aliphatic carbocycles. The van der Waals surface area contributed by atoms with Crippen LogP contribution in [0.25, 0.3) is 0 Å². The Labute approximate surface area is 128 Å². The van der Waals surface area contributed by atoms with E-state index in [4.69, 9.17) is 5.73 Å². The third kappa shape index (κ3) is 4.07. The van der Waals surface area contributed by atoms with E-state index in [2.05, 4.69) is 13.8 Å². The van der Waals surface area contributed by atoms with Gasteiger partial charge in [-0.15, -0.1) is 0 Å². The molecule has 0 radical (unpaired) electrons. The smallest absolute Gasteiger partial charge is 0.253 e. The van der Waals surface area contributed by atoms with Crippen molar-refractivity contribution in [1.82, 2.24) is 4.90 Å². The Balaban J connectivity index is 2.04. The van der Waals surface area contributed by atoms with Crippen molar-refractivity contribution in [3.05, 3.63) is 35.4 Å². The number of carbonyl (C=O) groups excluding carboxylic acids is 1. The average molecular weight is 288 g/mol. The molecule has 0 unspecified atom stereocenters. The lowest BCUT2D eigenvalue weighted by molar-refractivity contribution is 0.0635. The predicted octanol–water partition coefficient (Wildman–Crippen LogP) is 3.23. The molecular weight excluding hydrogens is 260 g/mol. The van der Waals surface area contributed by atoms with E-state index in [-0.39, 0.29) is 5.91 Å². The number of benzene rings is 1. The van der Waals surface area contributed by atoms with Gasteiger partial charge in [-0.3, -0.25) is 4.79 Å². The number of carbonyl (C=O) groups is 1. The van der Waals surface area contributed by atoms with Gasteiger partial charge in [0.25, 0.3) is 5.91 Å². The van der Waals surface area contributed by atoms with E-state index >= 15 is 0 Å². The van der Waals surface area contributed by atoms with Crippen LogP contribution in [0.3, 0.4) is 0 Å². The molecule has 3 nitrogen and oxygen atoms in total. The third-order valence-corrected chi connectivity index (χ3v) is 4.78. The summed E-state index contributed by atoms with van der Waals surface area (Å²) in [6, 6.07) is 8.26. The van der Waals surface area contributed by atoms with Crippen molar-refractivity contribution in [1.29, 1.82) is 0 Å². The maximum atomic E-state index is 12.7. The maximum absolute atomic E-state index is 12.7. The summed E-state index contributed by atoms with van der Waals surface area (Å²) < 4.78 is 0. The van der Waals surface area contributed by atoms with Crippen LogP contribution in [0.1, 0.15) is 55.5 Å².